The highest BCUT2D eigenvalue weighted by atomic mass is 14.6. The molecule has 0 saturated heterocycles. The van der Waals surface area contributed by atoms with Crippen LogP contribution in [0, 0.1) is 5.92 Å². The van der Waals surface area contributed by atoms with Crippen LogP contribution in [-0.2, 0) is 0 Å². The lowest BCUT2D eigenvalue weighted by Gasteiger charge is -2.25. The van der Waals surface area contributed by atoms with Crippen LogP contribution in [0.25, 0.3) is 0 Å². The molecule has 1 aliphatic carbocycles. The summed E-state index contributed by atoms with van der Waals surface area (Å²) in [7, 11) is 0. The van der Waals surface area contributed by atoms with Crippen LogP contribution < -0.4 is 5.73 Å². The van der Waals surface area contributed by atoms with E-state index in [1.54, 1.807) is 0 Å². The molecule has 0 bridgehead atoms. The van der Waals surface area contributed by atoms with Gasteiger partial charge in [-0.1, -0.05) is 37.7 Å². The quantitative estimate of drug-likeness (QED) is 0.684. The highest BCUT2D eigenvalue weighted by molar-refractivity contribution is 4.93. The van der Waals surface area contributed by atoms with Crippen LogP contribution in [0.4, 0.5) is 0 Å². The molecule has 14 heavy (non-hydrogen) atoms. The molecule has 1 fully saturated rings. The largest absolute Gasteiger partial charge is 0.327 e. The Balaban J connectivity index is 2.34. The monoisotopic (exact) mass is 195 g/mol. The third-order valence-corrected chi connectivity index (χ3v) is 3.34. The Labute approximate surface area is 88.8 Å². The number of hydrogen-bond acceptors (Lipinski definition) is 1. The van der Waals surface area contributed by atoms with Crippen molar-refractivity contribution in [2.75, 3.05) is 0 Å². The second-order valence-electron chi connectivity index (χ2n) is 4.93. The van der Waals surface area contributed by atoms with E-state index in [1.807, 2.05) is 0 Å². The Hall–Kier alpha value is -0.300. The lowest BCUT2D eigenvalue weighted by Crippen LogP contribution is -2.30. The van der Waals surface area contributed by atoms with E-state index in [-0.39, 0.29) is 0 Å². The number of rotatable bonds is 3. The SMILES string of the molecule is C=C(C)CC(N)C1CCCCCCC1. The highest BCUT2D eigenvalue weighted by Crippen LogP contribution is 2.26. The second-order valence-corrected chi connectivity index (χ2v) is 4.93. The average molecular weight is 195 g/mol. The van der Waals surface area contributed by atoms with Crippen LogP contribution in [0.3, 0.4) is 0 Å². The van der Waals surface area contributed by atoms with Crippen molar-refractivity contribution in [2.24, 2.45) is 11.7 Å². The van der Waals surface area contributed by atoms with Gasteiger partial charge in [-0.15, -0.1) is 6.58 Å². The van der Waals surface area contributed by atoms with Crippen molar-refractivity contribution in [1.29, 1.82) is 0 Å². The van der Waals surface area contributed by atoms with E-state index in [4.69, 9.17) is 5.73 Å². The zero-order valence-electron chi connectivity index (χ0n) is 9.60. The Bertz CT molecular complexity index is 166. The molecule has 82 valence electrons. The molecule has 1 heteroatoms. The van der Waals surface area contributed by atoms with Crippen LogP contribution in [0.5, 0.6) is 0 Å². The molecule has 0 amide bonds. The minimum Gasteiger partial charge on any atom is -0.327 e. The Kier molecular flexibility index (Phi) is 5.24. The molecule has 0 aromatic rings. The molecule has 0 aromatic carbocycles. The van der Waals surface area contributed by atoms with E-state index in [0.717, 1.165) is 12.3 Å². The topological polar surface area (TPSA) is 26.0 Å². The molecule has 0 heterocycles. The van der Waals surface area contributed by atoms with Crippen molar-refractivity contribution in [3.63, 3.8) is 0 Å². The van der Waals surface area contributed by atoms with Gasteiger partial charge >= 0.3 is 0 Å². The molecule has 1 aliphatic rings. The number of nitrogens with two attached hydrogens (primary N) is 1. The number of hydrogen-bond donors (Lipinski definition) is 1. The van der Waals surface area contributed by atoms with Crippen LogP contribution in [0.15, 0.2) is 12.2 Å². The molecule has 0 aromatic heterocycles. The van der Waals surface area contributed by atoms with Gasteiger partial charge in [0, 0.05) is 6.04 Å². The molecule has 2 N–H and O–H groups in total. The molecule has 1 nitrogen and oxygen atoms in total. The van der Waals surface area contributed by atoms with E-state index < -0.39 is 0 Å². The van der Waals surface area contributed by atoms with Crippen molar-refractivity contribution in [3.05, 3.63) is 12.2 Å². The molecule has 0 aliphatic heterocycles. The molecular formula is C13H25N. The summed E-state index contributed by atoms with van der Waals surface area (Å²) in [5.74, 6) is 0.756. The smallest absolute Gasteiger partial charge is 0.0104 e. The first kappa shape index (κ1) is 11.8. The molecule has 1 unspecified atom stereocenters. The van der Waals surface area contributed by atoms with E-state index >= 15 is 0 Å². The molecule has 1 rings (SSSR count). The predicted molar refractivity (Wildman–Crippen MR) is 63.2 cm³/mol. The van der Waals surface area contributed by atoms with Crippen molar-refractivity contribution < 1.29 is 0 Å². The molecule has 0 spiro atoms. The maximum absolute atomic E-state index is 6.21. The van der Waals surface area contributed by atoms with Gasteiger partial charge in [0.2, 0.25) is 0 Å². The fourth-order valence-electron chi connectivity index (χ4n) is 2.48. The summed E-state index contributed by atoms with van der Waals surface area (Å²) in [6, 6.07) is 0.366. The van der Waals surface area contributed by atoms with E-state index in [1.165, 1.54) is 50.5 Å². The summed E-state index contributed by atoms with van der Waals surface area (Å²) in [5, 5.41) is 0. The molecule has 1 atom stereocenters. The maximum atomic E-state index is 6.21. The minimum atomic E-state index is 0.366. The van der Waals surface area contributed by atoms with Gasteiger partial charge in [0.1, 0.15) is 0 Å². The molecule has 0 radical (unpaired) electrons. The van der Waals surface area contributed by atoms with Crippen LogP contribution in [-0.4, -0.2) is 6.04 Å². The first-order valence-electron chi connectivity index (χ1n) is 6.10. The summed E-state index contributed by atoms with van der Waals surface area (Å²) in [5.41, 5.74) is 7.44. The second kappa shape index (κ2) is 6.23. The van der Waals surface area contributed by atoms with E-state index in [2.05, 4.69) is 13.5 Å². The summed E-state index contributed by atoms with van der Waals surface area (Å²) < 4.78 is 0. The van der Waals surface area contributed by atoms with Gasteiger partial charge in [-0.2, -0.15) is 0 Å². The van der Waals surface area contributed by atoms with Gasteiger partial charge in [-0.3, -0.25) is 0 Å². The van der Waals surface area contributed by atoms with Gasteiger partial charge in [-0.05, 0) is 32.1 Å². The normalized spacial score (nSPS) is 22.4. The average Bonchev–Trinajstić information content (AvgIpc) is 2.00. The lowest BCUT2D eigenvalue weighted by atomic mass is 9.84. The van der Waals surface area contributed by atoms with Crippen LogP contribution in [0.1, 0.15) is 58.3 Å². The van der Waals surface area contributed by atoms with Crippen molar-refractivity contribution >= 4 is 0 Å². The molecule has 1 saturated carbocycles. The lowest BCUT2D eigenvalue weighted by molar-refractivity contribution is 0.322. The van der Waals surface area contributed by atoms with Crippen LogP contribution in [0.2, 0.25) is 0 Å². The standard InChI is InChI=1S/C13H25N/c1-11(2)10-13(14)12-8-6-4-3-5-7-9-12/h12-13H,1,3-10,14H2,2H3. The summed E-state index contributed by atoms with van der Waals surface area (Å²) in [6.45, 7) is 6.04. The predicted octanol–water partition coefficient (Wildman–Crippen LogP) is 3.64. The van der Waals surface area contributed by atoms with Crippen molar-refractivity contribution in [1.82, 2.24) is 0 Å². The Morgan fingerprint density at radius 2 is 1.71 bits per heavy atom. The highest BCUT2D eigenvalue weighted by Gasteiger charge is 2.18. The maximum Gasteiger partial charge on any atom is 0.0104 e. The Morgan fingerprint density at radius 1 is 1.21 bits per heavy atom. The minimum absolute atomic E-state index is 0.366. The van der Waals surface area contributed by atoms with Gasteiger partial charge in [0.25, 0.3) is 0 Å². The van der Waals surface area contributed by atoms with Crippen LogP contribution >= 0.6 is 0 Å². The van der Waals surface area contributed by atoms with Gasteiger partial charge < -0.3 is 5.73 Å². The van der Waals surface area contributed by atoms with Gasteiger partial charge in [-0.25, -0.2) is 0 Å². The zero-order valence-corrected chi connectivity index (χ0v) is 9.60. The third-order valence-electron chi connectivity index (χ3n) is 3.34. The summed E-state index contributed by atoms with van der Waals surface area (Å²) in [4.78, 5) is 0. The summed E-state index contributed by atoms with van der Waals surface area (Å²) in [6.07, 6.45) is 10.7. The van der Waals surface area contributed by atoms with E-state index in [9.17, 15) is 0 Å². The van der Waals surface area contributed by atoms with E-state index in [0.29, 0.717) is 6.04 Å². The fraction of sp³-hybridized carbons (Fsp3) is 0.846. The first-order valence-corrected chi connectivity index (χ1v) is 6.10. The van der Waals surface area contributed by atoms with Crippen molar-refractivity contribution in [3.8, 4) is 0 Å². The zero-order chi connectivity index (χ0) is 10.4. The summed E-state index contributed by atoms with van der Waals surface area (Å²) >= 11 is 0. The van der Waals surface area contributed by atoms with Gasteiger partial charge in [0.05, 0.1) is 0 Å². The molecular weight excluding hydrogens is 170 g/mol. The fourth-order valence-corrected chi connectivity index (χ4v) is 2.48. The van der Waals surface area contributed by atoms with Crippen molar-refractivity contribution in [2.45, 2.75) is 64.3 Å². The van der Waals surface area contributed by atoms with Gasteiger partial charge in [0.15, 0.2) is 0 Å². The third kappa shape index (κ3) is 4.28. The first-order chi connectivity index (χ1) is 6.70. The Morgan fingerprint density at radius 3 is 2.21 bits per heavy atom.